The highest BCUT2D eigenvalue weighted by Gasteiger charge is 2.10. The Morgan fingerprint density at radius 3 is 2.11 bits per heavy atom. The lowest BCUT2D eigenvalue weighted by Gasteiger charge is -2.17. The van der Waals surface area contributed by atoms with Gasteiger partial charge in [-0.1, -0.05) is 0 Å². The number of urea groups is 1. The van der Waals surface area contributed by atoms with Crippen LogP contribution < -0.4 is 11.2 Å². The van der Waals surface area contributed by atoms with E-state index in [9.17, 15) is 4.79 Å². The number of rotatable bonds is 1. The summed E-state index contributed by atoms with van der Waals surface area (Å²) in [5.41, 5.74) is 6.37. The molecule has 0 aromatic rings. The van der Waals surface area contributed by atoms with E-state index in [1.165, 1.54) is 0 Å². The van der Waals surface area contributed by atoms with E-state index in [-0.39, 0.29) is 5.60 Å². The largest absolute Gasteiger partial charge is 0.350 e. The van der Waals surface area contributed by atoms with Gasteiger partial charge in [0, 0.05) is 0 Å². The predicted octanol–water partition coefficient (Wildman–Crippen LogP) is 0.385. The van der Waals surface area contributed by atoms with Gasteiger partial charge < -0.3 is 5.73 Å². The Hall–Kier alpha value is -0.770. The molecule has 0 atom stereocenters. The molecular weight excluding hydrogens is 120 g/mol. The average molecular weight is 132 g/mol. The third kappa shape index (κ3) is 7.23. The van der Waals surface area contributed by atoms with E-state index in [4.69, 9.17) is 10.6 Å². The van der Waals surface area contributed by atoms with Gasteiger partial charge in [0.15, 0.2) is 0 Å². The van der Waals surface area contributed by atoms with Crippen molar-refractivity contribution < 1.29 is 9.63 Å². The minimum atomic E-state index is -0.676. The molecule has 0 unspecified atom stereocenters. The molecule has 0 aliphatic heterocycles. The summed E-state index contributed by atoms with van der Waals surface area (Å²) in [6.07, 6.45) is 0. The summed E-state index contributed by atoms with van der Waals surface area (Å²) in [7, 11) is 0. The van der Waals surface area contributed by atoms with Gasteiger partial charge >= 0.3 is 6.03 Å². The van der Waals surface area contributed by atoms with Gasteiger partial charge in [-0.25, -0.2) is 10.3 Å². The van der Waals surface area contributed by atoms with E-state index in [0.29, 0.717) is 0 Å². The van der Waals surface area contributed by atoms with Crippen LogP contribution >= 0.6 is 0 Å². The molecule has 0 rings (SSSR count). The number of carbonyl (C=O) groups is 1. The third-order valence-electron chi connectivity index (χ3n) is 0.458. The normalized spacial score (nSPS) is 11.0. The zero-order chi connectivity index (χ0) is 7.49. The number of carbonyl (C=O) groups excluding carboxylic acids is 1. The number of hydrogen-bond acceptors (Lipinski definition) is 2. The van der Waals surface area contributed by atoms with Gasteiger partial charge in [0.05, 0.1) is 5.60 Å². The van der Waals surface area contributed by atoms with Gasteiger partial charge in [-0.2, -0.15) is 0 Å². The Kier molecular flexibility index (Phi) is 2.45. The topological polar surface area (TPSA) is 64.3 Å². The molecule has 0 saturated heterocycles. The fraction of sp³-hybridized carbons (Fsp3) is 0.800. The van der Waals surface area contributed by atoms with Gasteiger partial charge in [-0.05, 0) is 20.8 Å². The molecule has 0 spiro atoms. The Balaban J connectivity index is 3.39. The number of nitrogens with one attached hydrogen (secondary N) is 1. The molecule has 4 nitrogen and oxygen atoms in total. The second-order valence-electron chi connectivity index (χ2n) is 2.68. The van der Waals surface area contributed by atoms with Gasteiger partial charge in [-0.15, -0.1) is 0 Å². The maximum atomic E-state index is 10.0. The average Bonchev–Trinajstić information content (AvgIpc) is 1.59. The van der Waals surface area contributed by atoms with Gasteiger partial charge in [0.25, 0.3) is 0 Å². The molecule has 0 heterocycles. The molecule has 4 heteroatoms. The summed E-state index contributed by atoms with van der Waals surface area (Å²) in [6.45, 7) is 5.43. The molecule has 0 fully saturated rings. The van der Waals surface area contributed by atoms with Crippen LogP contribution in [0.3, 0.4) is 0 Å². The number of hydroxylamine groups is 1. The molecule has 0 bridgehead atoms. The number of hydrogen-bond donors (Lipinski definition) is 2. The first-order valence-corrected chi connectivity index (χ1v) is 2.65. The third-order valence-corrected chi connectivity index (χ3v) is 0.458. The van der Waals surface area contributed by atoms with Crippen LogP contribution in [0, 0.1) is 0 Å². The van der Waals surface area contributed by atoms with Crippen LogP contribution in [0.4, 0.5) is 4.79 Å². The van der Waals surface area contributed by atoms with Crippen molar-refractivity contribution in [1.29, 1.82) is 0 Å². The maximum Gasteiger partial charge on any atom is 0.336 e. The van der Waals surface area contributed by atoms with E-state index >= 15 is 0 Å². The molecule has 2 amide bonds. The van der Waals surface area contributed by atoms with E-state index in [1.54, 1.807) is 0 Å². The highest BCUT2D eigenvalue weighted by atomic mass is 16.7. The quantitative estimate of drug-likeness (QED) is 0.507. The number of amides is 2. The SMILES string of the molecule is CC(C)(C)ONC(N)=O. The van der Waals surface area contributed by atoms with Crippen LogP contribution in [0.15, 0.2) is 0 Å². The van der Waals surface area contributed by atoms with Crippen molar-refractivity contribution in [2.45, 2.75) is 26.4 Å². The lowest BCUT2D eigenvalue weighted by Crippen LogP contribution is -2.36. The van der Waals surface area contributed by atoms with Crippen LogP contribution in [0.5, 0.6) is 0 Å². The van der Waals surface area contributed by atoms with E-state index in [0.717, 1.165) is 0 Å². The summed E-state index contributed by atoms with van der Waals surface area (Å²) in [6, 6.07) is -0.676. The summed E-state index contributed by atoms with van der Waals surface area (Å²) >= 11 is 0. The van der Waals surface area contributed by atoms with E-state index in [1.807, 2.05) is 26.3 Å². The predicted molar refractivity (Wildman–Crippen MR) is 33.6 cm³/mol. The fourth-order valence-electron chi connectivity index (χ4n) is 0.203. The molecule has 3 N–H and O–H groups in total. The standard InChI is InChI=1S/C5H12N2O2/c1-5(2,3)9-7-4(6)8/h1-3H3,(H3,6,7,8). The van der Waals surface area contributed by atoms with Crippen LogP contribution in [-0.4, -0.2) is 11.6 Å². The molecule has 9 heavy (non-hydrogen) atoms. The lowest BCUT2D eigenvalue weighted by molar-refractivity contribution is -0.0513. The highest BCUT2D eigenvalue weighted by Crippen LogP contribution is 2.02. The molecule has 0 aliphatic carbocycles. The van der Waals surface area contributed by atoms with Crippen molar-refractivity contribution in [3.63, 3.8) is 0 Å². The van der Waals surface area contributed by atoms with Crippen molar-refractivity contribution in [2.24, 2.45) is 5.73 Å². The van der Waals surface area contributed by atoms with Crippen molar-refractivity contribution in [3.05, 3.63) is 0 Å². The monoisotopic (exact) mass is 132 g/mol. The smallest absolute Gasteiger partial charge is 0.336 e. The zero-order valence-corrected chi connectivity index (χ0v) is 5.89. The minimum Gasteiger partial charge on any atom is -0.350 e. The lowest BCUT2D eigenvalue weighted by atomic mass is 10.2. The summed E-state index contributed by atoms with van der Waals surface area (Å²) in [4.78, 5) is 14.8. The van der Waals surface area contributed by atoms with Crippen LogP contribution in [0.1, 0.15) is 20.8 Å². The summed E-state index contributed by atoms with van der Waals surface area (Å²) < 4.78 is 0. The van der Waals surface area contributed by atoms with E-state index < -0.39 is 6.03 Å². The summed E-state index contributed by atoms with van der Waals surface area (Å²) in [5, 5.41) is 0. The van der Waals surface area contributed by atoms with Gasteiger partial charge in [0.1, 0.15) is 0 Å². The van der Waals surface area contributed by atoms with Crippen LogP contribution in [0.2, 0.25) is 0 Å². The van der Waals surface area contributed by atoms with Gasteiger partial charge in [0.2, 0.25) is 0 Å². The second kappa shape index (κ2) is 2.68. The van der Waals surface area contributed by atoms with Crippen molar-refractivity contribution in [2.75, 3.05) is 0 Å². The molecule has 0 aromatic carbocycles. The van der Waals surface area contributed by atoms with Crippen molar-refractivity contribution >= 4 is 6.03 Å². The van der Waals surface area contributed by atoms with Gasteiger partial charge in [-0.3, -0.25) is 4.84 Å². The molecule has 54 valence electrons. The first-order valence-electron chi connectivity index (χ1n) is 2.65. The first kappa shape index (κ1) is 8.23. The Morgan fingerprint density at radius 1 is 1.56 bits per heavy atom. The van der Waals surface area contributed by atoms with Crippen molar-refractivity contribution in [1.82, 2.24) is 5.48 Å². The molecule has 0 radical (unpaired) electrons. The van der Waals surface area contributed by atoms with Crippen LogP contribution in [0.25, 0.3) is 0 Å². The Labute approximate surface area is 54.3 Å². The molecule has 0 aromatic heterocycles. The van der Waals surface area contributed by atoms with Crippen LogP contribution in [-0.2, 0) is 4.84 Å². The minimum absolute atomic E-state index is 0.380. The molecule has 0 aliphatic rings. The fourth-order valence-corrected chi connectivity index (χ4v) is 0.203. The first-order chi connectivity index (χ1) is 3.92. The highest BCUT2D eigenvalue weighted by molar-refractivity contribution is 5.70. The number of primary amides is 1. The number of nitrogens with two attached hydrogens (primary N) is 1. The van der Waals surface area contributed by atoms with Crippen molar-refractivity contribution in [3.8, 4) is 0 Å². The summed E-state index contributed by atoms with van der Waals surface area (Å²) in [5.74, 6) is 0. The maximum absolute atomic E-state index is 10.0. The van der Waals surface area contributed by atoms with E-state index in [2.05, 4.69) is 0 Å². The second-order valence-corrected chi connectivity index (χ2v) is 2.68. The Bertz CT molecular complexity index is 106. The molecular formula is C5H12N2O2. The molecule has 0 saturated carbocycles. The Morgan fingerprint density at radius 2 is 2.00 bits per heavy atom. The zero-order valence-electron chi connectivity index (χ0n) is 5.89.